The molecule has 1 N–H and O–H groups in total. The van der Waals surface area contributed by atoms with Crippen LogP contribution in [0.1, 0.15) is 50.3 Å². The minimum Gasteiger partial charge on any atom is -0.329 e. The van der Waals surface area contributed by atoms with Gasteiger partial charge in [-0.2, -0.15) is 0 Å². The Bertz CT molecular complexity index is 603. The van der Waals surface area contributed by atoms with Gasteiger partial charge in [0.05, 0.1) is 5.52 Å². The summed E-state index contributed by atoms with van der Waals surface area (Å²) in [5.74, 6) is 0. The number of hydrogen-bond donors (Lipinski definition) is 1. The average molecular weight is 261 g/mol. The van der Waals surface area contributed by atoms with Crippen molar-refractivity contribution in [2.75, 3.05) is 0 Å². The fourth-order valence-corrected chi connectivity index (χ4v) is 3.30. The Balaban J connectivity index is 2.11. The first kappa shape index (κ1) is 11.9. The van der Waals surface area contributed by atoms with Gasteiger partial charge in [0.2, 0.25) is 0 Å². The molecule has 2 aromatic rings. The second-order valence-electron chi connectivity index (χ2n) is 5.27. The van der Waals surface area contributed by atoms with Crippen molar-refractivity contribution in [2.45, 2.75) is 51.5 Å². The Labute approximate surface area is 112 Å². The summed E-state index contributed by atoms with van der Waals surface area (Å²) in [6.07, 6.45) is 7.81. The standard InChI is InChI=1S/C14H19N3S/c1-10-8-9-12-13(15-10)17(14(18)16-12)11-6-4-2-3-5-7-11/h8-9,11H,2-7H2,1H3,(H,16,18). The fourth-order valence-electron chi connectivity index (χ4n) is 2.95. The Morgan fingerprint density at radius 2 is 1.94 bits per heavy atom. The van der Waals surface area contributed by atoms with Gasteiger partial charge < -0.3 is 4.98 Å². The van der Waals surface area contributed by atoms with E-state index >= 15 is 0 Å². The number of pyridine rings is 1. The van der Waals surface area contributed by atoms with Crippen molar-refractivity contribution in [1.82, 2.24) is 14.5 Å². The molecule has 1 aliphatic carbocycles. The predicted octanol–water partition coefficient (Wildman–Crippen LogP) is 4.30. The van der Waals surface area contributed by atoms with Gasteiger partial charge in [-0.3, -0.25) is 4.57 Å². The Hall–Kier alpha value is -1.16. The number of aromatic nitrogens is 3. The fraction of sp³-hybridized carbons (Fsp3) is 0.571. The molecule has 0 aromatic carbocycles. The summed E-state index contributed by atoms with van der Waals surface area (Å²) in [5.41, 5.74) is 3.15. The number of nitrogens with one attached hydrogen (secondary N) is 1. The summed E-state index contributed by atoms with van der Waals surface area (Å²) in [5, 5.41) is 0. The highest BCUT2D eigenvalue weighted by molar-refractivity contribution is 7.71. The van der Waals surface area contributed by atoms with Gasteiger partial charge in [-0.25, -0.2) is 4.98 Å². The van der Waals surface area contributed by atoms with Crippen molar-refractivity contribution >= 4 is 23.4 Å². The Morgan fingerprint density at radius 1 is 1.22 bits per heavy atom. The van der Waals surface area contributed by atoms with E-state index in [1.54, 1.807) is 0 Å². The third-order valence-electron chi connectivity index (χ3n) is 3.89. The van der Waals surface area contributed by atoms with Crippen LogP contribution < -0.4 is 0 Å². The molecule has 0 atom stereocenters. The van der Waals surface area contributed by atoms with E-state index in [-0.39, 0.29) is 0 Å². The molecule has 0 aliphatic heterocycles. The Kier molecular flexibility index (Phi) is 3.20. The molecule has 3 nitrogen and oxygen atoms in total. The van der Waals surface area contributed by atoms with Crippen LogP contribution in [0, 0.1) is 11.7 Å². The maximum absolute atomic E-state index is 5.49. The van der Waals surface area contributed by atoms with E-state index in [1.165, 1.54) is 38.5 Å². The molecule has 1 aliphatic rings. The number of H-pyrrole nitrogens is 1. The third-order valence-corrected chi connectivity index (χ3v) is 4.19. The van der Waals surface area contributed by atoms with Gasteiger partial charge in [0.1, 0.15) is 0 Å². The number of rotatable bonds is 1. The van der Waals surface area contributed by atoms with Crippen LogP contribution in [0.15, 0.2) is 12.1 Å². The highest BCUT2D eigenvalue weighted by atomic mass is 32.1. The smallest absolute Gasteiger partial charge is 0.179 e. The number of imidazole rings is 1. The maximum atomic E-state index is 5.49. The van der Waals surface area contributed by atoms with Gasteiger partial charge in [0, 0.05) is 11.7 Å². The van der Waals surface area contributed by atoms with E-state index in [0.717, 1.165) is 21.6 Å². The van der Waals surface area contributed by atoms with Gasteiger partial charge >= 0.3 is 0 Å². The van der Waals surface area contributed by atoms with Gasteiger partial charge in [0.25, 0.3) is 0 Å². The van der Waals surface area contributed by atoms with Crippen LogP contribution in [0.3, 0.4) is 0 Å². The summed E-state index contributed by atoms with van der Waals surface area (Å²) in [6, 6.07) is 4.65. The molecule has 1 fully saturated rings. The third kappa shape index (κ3) is 2.09. The zero-order chi connectivity index (χ0) is 12.5. The highest BCUT2D eigenvalue weighted by Crippen LogP contribution is 2.29. The molecule has 2 aromatic heterocycles. The summed E-state index contributed by atoms with van der Waals surface area (Å²) in [6.45, 7) is 2.03. The van der Waals surface area contributed by atoms with E-state index in [4.69, 9.17) is 12.2 Å². The second kappa shape index (κ2) is 4.84. The van der Waals surface area contributed by atoms with Crippen LogP contribution in [-0.4, -0.2) is 14.5 Å². The maximum Gasteiger partial charge on any atom is 0.179 e. The first-order valence-corrected chi connectivity index (χ1v) is 7.24. The van der Waals surface area contributed by atoms with Crippen LogP contribution in [0.25, 0.3) is 11.2 Å². The van der Waals surface area contributed by atoms with Crippen LogP contribution in [0.4, 0.5) is 0 Å². The minimum absolute atomic E-state index is 0.531. The highest BCUT2D eigenvalue weighted by Gasteiger charge is 2.18. The van der Waals surface area contributed by atoms with Crippen molar-refractivity contribution in [2.24, 2.45) is 0 Å². The van der Waals surface area contributed by atoms with E-state index in [1.807, 2.05) is 13.0 Å². The van der Waals surface area contributed by atoms with Gasteiger partial charge in [-0.1, -0.05) is 25.7 Å². The molecule has 3 rings (SSSR count). The van der Waals surface area contributed by atoms with E-state index < -0.39 is 0 Å². The van der Waals surface area contributed by atoms with Crippen LogP contribution >= 0.6 is 12.2 Å². The molecular weight excluding hydrogens is 242 g/mol. The van der Waals surface area contributed by atoms with Crippen molar-refractivity contribution < 1.29 is 0 Å². The number of hydrogen-bond acceptors (Lipinski definition) is 2. The summed E-state index contributed by atoms with van der Waals surface area (Å²) < 4.78 is 3.08. The second-order valence-corrected chi connectivity index (χ2v) is 5.66. The molecule has 1 saturated carbocycles. The van der Waals surface area contributed by atoms with Crippen molar-refractivity contribution in [3.63, 3.8) is 0 Å². The quantitative estimate of drug-likeness (QED) is 0.613. The summed E-state index contributed by atoms with van der Waals surface area (Å²) in [4.78, 5) is 7.95. The van der Waals surface area contributed by atoms with Gasteiger partial charge in [-0.15, -0.1) is 0 Å². The lowest BCUT2D eigenvalue weighted by Gasteiger charge is -2.16. The normalized spacial score (nSPS) is 18.1. The number of aromatic amines is 1. The minimum atomic E-state index is 0.531. The molecule has 0 spiro atoms. The lowest BCUT2D eigenvalue weighted by Crippen LogP contribution is -2.09. The zero-order valence-corrected chi connectivity index (χ0v) is 11.6. The molecule has 0 amide bonds. The molecule has 18 heavy (non-hydrogen) atoms. The SMILES string of the molecule is Cc1ccc2[nH]c(=S)n(C3CCCCCC3)c2n1. The molecule has 2 heterocycles. The van der Waals surface area contributed by atoms with Gasteiger partial charge in [0.15, 0.2) is 10.4 Å². The molecule has 0 radical (unpaired) electrons. The van der Waals surface area contributed by atoms with Gasteiger partial charge in [-0.05, 0) is 44.1 Å². The van der Waals surface area contributed by atoms with E-state index in [0.29, 0.717) is 6.04 Å². The molecule has 0 saturated heterocycles. The van der Waals surface area contributed by atoms with E-state index in [2.05, 4.69) is 20.6 Å². The molecular formula is C14H19N3S. The van der Waals surface area contributed by atoms with Crippen LogP contribution in [0.2, 0.25) is 0 Å². The monoisotopic (exact) mass is 261 g/mol. The molecule has 0 unspecified atom stereocenters. The number of aryl methyl sites for hydroxylation is 1. The topological polar surface area (TPSA) is 33.6 Å². The van der Waals surface area contributed by atoms with Crippen molar-refractivity contribution in [3.05, 3.63) is 22.6 Å². The van der Waals surface area contributed by atoms with Crippen LogP contribution in [-0.2, 0) is 0 Å². The number of fused-ring (bicyclic) bond motifs is 1. The molecule has 0 bridgehead atoms. The lowest BCUT2D eigenvalue weighted by molar-refractivity contribution is 0.447. The van der Waals surface area contributed by atoms with Crippen molar-refractivity contribution in [3.8, 4) is 0 Å². The zero-order valence-electron chi connectivity index (χ0n) is 10.8. The summed E-state index contributed by atoms with van der Waals surface area (Å²) >= 11 is 5.49. The molecule has 96 valence electrons. The first-order chi connectivity index (χ1) is 8.75. The first-order valence-electron chi connectivity index (χ1n) is 6.83. The predicted molar refractivity (Wildman–Crippen MR) is 76.4 cm³/mol. The molecule has 4 heteroatoms. The van der Waals surface area contributed by atoms with E-state index in [9.17, 15) is 0 Å². The van der Waals surface area contributed by atoms with Crippen LogP contribution in [0.5, 0.6) is 0 Å². The summed E-state index contributed by atoms with van der Waals surface area (Å²) in [7, 11) is 0. The lowest BCUT2D eigenvalue weighted by atomic mass is 10.1. The average Bonchev–Trinajstić information content (AvgIpc) is 2.55. The largest absolute Gasteiger partial charge is 0.329 e. The van der Waals surface area contributed by atoms with Crippen molar-refractivity contribution in [1.29, 1.82) is 0 Å². The number of nitrogens with zero attached hydrogens (tertiary/aromatic N) is 2. The Morgan fingerprint density at radius 3 is 2.67 bits per heavy atom.